The number of pyridine rings is 1. The van der Waals surface area contributed by atoms with Crippen molar-refractivity contribution in [2.24, 2.45) is 0 Å². The molecule has 1 aliphatic carbocycles. The fraction of sp³-hybridized carbons (Fsp3) is 0.0536. The van der Waals surface area contributed by atoms with Crippen LogP contribution in [-0.2, 0) is 5.41 Å². The van der Waals surface area contributed by atoms with Gasteiger partial charge in [-0.1, -0.05) is 166 Å². The van der Waals surface area contributed by atoms with Gasteiger partial charge in [-0.05, 0) is 81.9 Å². The summed E-state index contributed by atoms with van der Waals surface area (Å²) in [7, 11) is 0. The monoisotopic (exact) mass is 753 g/mol. The highest BCUT2D eigenvalue weighted by atomic mass is 15.0. The Morgan fingerprint density at radius 3 is 1.49 bits per heavy atom. The Hall–Kier alpha value is -7.49. The molecule has 3 aromatic heterocycles. The van der Waals surface area contributed by atoms with Crippen molar-refractivity contribution in [3.63, 3.8) is 0 Å². The summed E-state index contributed by atoms with van der Waals surface area (Å²) in [6.07, 6.45) is 0. The maximum Gasteiger partial charge on any atom is 0.0788 e. The highest BCUT2D eigenvalue weighted by Crippen LogP contribution is 2.50. The summed E-state index contributed by atoms with van der Waals surface area (Å²) in [6, 6.07) is 72.9. The molecule has 3 heterocycles. The van der Waals surface area contributed by atoms with Crippen molar-refractivity contribution in [1.29, 1.82) is 0 Å². The first-order chi connectivity index (χ1) is 29.0. The number of para-hydroxylation sites is 2. The molecule has 12 rings (SSSR count). The SMILES string of the molecule is CC1(C)c2ccccc2-c2ccc(-n3c4ccccc4c4ccc5c6ccccc6n(-c6ccc(-c7cc(-c8ccccc8)cc(-c8ccccc8)n7)cc6)c5c43)cc21. The predicted octanol–water partition coefficient (Wildman–Crippen LogP) is 14.6. The number of rotatable bonds is 5. The van der Waals surface area contributed by atoms with E-state index in [0.717, 1.165) is 33.8 Å². The van der Waals surface area contributed by atoms with Gasteiger partial charge in [-0.15, -0.1) is 0 Å². The molecule has 0 amide bonds. The molecule has 0 N–H and O–H groups in total. The molecule has 0 aliphatic heterocycles. The van der Waals surface area contributed by atoms with Crippen LogP contribution in [-0.4, -0.2) is 14.1 Å². The summed E-state index contributed by atoms with van der Waals surface area (Å²) < 4.78 is 4.99. The van der Waals surface area contributed by atoms with Crippen LogP contribution in [0.25, 0.3) is 99.8 Å². The van der Waals surface area contributed by atoms with E-state index in [1.807, 2.05) is 0 Å². The molecule has 0 fully saturated rings. The van der Waals surface area contributed by atoms with Gasteiger partial charge in [-0.25, -0.2) is 4.98 Å². The summed E-state index contributed by atoms with van der Waals surface area (Å²) in [6.45, 7) is 4.73. The van der Waals surface area contributed by atoms with Gasteiger partial charge in [0.1, 0.15) is 0 Å². The van der Waals surface area contributed by atoms with Crippen LogP contribution in [0.3, 0.4) is 0 Å². The molecule has 278 valence electrons. The normalized spacial score (nSPS) is 13.1. The van der Waals surface area contributed by atoms with Gasteiger partial charge in [0.2, 0.25) is 0 Å². The molecule has 0 bridgehead atoms. The number of nitrogens with zero attached hydrogens (tertiary/aromatic N) is 3. The number of fused-ring (bicyclic) bond motifs is 10. The molecule has 0 saturated carbocycles. The second-order valence-corrected chi connectivity index (χ2v) is 16.4. The van der Waals surface area contributed by atoms with Crippen LogP contribution in [0.5, 0.6) is 0 Å². The molecular weight excluding hydrogens is 715 g/mol. The zero-order valence-electron chi connectivity index (χ0n) is 32.9. The second kappa shape index (κ2) is 12.8. The standard InChI is InChI=1S/C56H39N3/c1-56(2)48-22-12-9-19-42(48)43-30-29-41(35-49(43)56)59-53-24-14-11-21-45(53)47-32-31-46-44-20-10-13-23-52(44)58(54(46)55(47)59)40-27-25-38(26-28-40)51-34-39(36-15-5-3-6-16-36)33-50(57-51)37-17-7-4-8-18-37/h3-35H,1-2H3. The summed E-state index contributed by atoms with van der Waals surface area (Å²) in [5.74, 6) is 0. The Kier molecular flexibility index (Phi) is 7.27. The van der Waals surface area contributed by atoms with E-state index < -0.39 is 0 Å². The van der Waals surface area contributed by atoms with Gasteiger partial charge in [0.25, 0.3) is 0 Å². The molecule has 0 radical (unpaired) electrons. The molecular formula is C56H39N3. The molecule has 11 aromatic rings. The Balaban J connectivity index is 1.08. The van der Waals surface area contributed by atoms with Crippen LogP contribution >= 0.6 is 0 Å². The summed E-state index contributed by atoms with van der Waals surface area (Å²) >= 11 is 0. The van der Waals surface area contributed by atoms with Crippen molar-refractivity contribution < 1.29 is 0 Å². The number of benzene rings is 8. The molecule has 0 atom stereocenters. The van der Waals surface area contributed by atoms with Gasteiger partial charge in [-0.2, -0.15) is 0 Å². The minimum Gasteiger partial charge on any atom is -0.307 e. The second-order valence-electron chi connectivity index (χ2n) is 16.4. The van der Waals surface area contributed by atoms with Gasteiger partial charge in [0, 0.05) is 49.5 Å². The van der Waals surface area contributed by atoms with Crippen LogP contribution in [0.2, 0.25) is 0 Å². The van der Waals surface area contributed by atoms with Crippen LogP contribution in [0.4, 0.5) is 0 Å². The zero-order chi connectivity index (χ0) is 39.2. The molecule has 0 saturated heterocycles. The fourth-order valence-corrected chi connectivity index (χ4v) is 9.88. The molecule has 59 heavy (non-hydrogen) atoms. The van der Waals surface area contributed by atoms with Crippen molar-refractivity contribution in [3.8, 4) is 56.1 Å². The van der Waals surface area contributed by atoms with E-state index in [4.69, 9.17) is 4.98 Å². The topological polar surface area (TPSA) is 22.8 Å². The van der Waals surface area contributed by atoms with Crippen LogP contribution < -0.4 is 0 Å². The van der Waals surface area contributed by atoms with Gasteiger partial charge in [-0.3, -0.25) is 0 Å². The highest BCUT2D eigenvalue weighted by molar-refractivity contribution is 6.23. The first-order valence-electron chi connectivity index (χ1n) is 20.5. The quantitative estimate of drug-likeness (QED) is 0.172. The van der Waals surface area contributed by atoms with Gasteiger partial charge in [0.05, 0.1) is 33.5 Å². The number of aromatic nitrogens is 3. The third kappa shape index (κ3) is 5.04. The molecule has 1 aliphatic rings. The van der Waals surface area contributed by atoms with E-state index in [-0.39, 0.29) is 5.41 Å². The van der Waals surface area contributed by atoms with Gasteiger partial charge < -0.3 is 9.13 Å². The van der Waals surface area contributed by atoms with Crippen LogP contribution in [0.15, 0.2) is 200 Å². The Morgan fingerprint density at radius 1 is 0.356 bits per heavy atom. The largest absolute Gasteiger partial charge is 0.307 e. The van der Waals surface area contributed by atoms with Crippen molar-refractivity contribution in [3.05, 3.63) is 211 Å². The Labute approximate surface area is 343 Å². The number of hydrogen-bond donors (Lipinski definition) is 0. The van der Waals surface area contributed by atoms with E-state index >= 15 is 0 Å². The van der Waals surface area contributed by atoms with Crippen LogP contribution in [0, 0.1) is 0 Å². The van der Waals surface area contributed by atoms with Gasteiger partial charge >= 0.3 is 0 Å². The van der Waals surface area contributed by atoms with E-state index in [2.05, 4.69) is 223 Å². The predicted molar refractivity (Wildman–Crippen MR) is 247 cm³/mol. The summed E-state index contributed by atoms with van der Waals surface area (Å²) in [4.78, 5) is 5.24. The van der Waals surface area contributed by atoms with E-state index in [0.29, 0.717) is 0 Å². The fourth-order valence-electron chi connectivity index (χ4n) is 9.88. The zero-order valence-corrected chi connectivity index (χ0v) is 32.9. The third-order valence-electron chi connectivity index (χ3n) is 12.7. The lowest BCUT2D eigenvalue weighted by atomic mass is 9.82. The minimum absolute atomic E-state index is 0.107. The highest BCUT2D eigenvalue weighted by Gasteiger charge is 2.35. The number of hydrogen-bond acceptors (Lipinski definition) is 1. The lowest BCUT2D eigenvalue weighted by molar-refractivity contribution is 0.660. The third-order valence-corrected chi connectivity index (χ3v) is 12.7. The van der Waals surface area contributed by atoms with Crippen LogP contribution in [0.1, 0.15) is 25.0 Å². The average molecular weight is 754 g/mol. The molecule has 3 heteroatoms. The van der Waals surface area contributed by atoms with Crippen molar-refractivity contribution in [2.45, 2.75) is 19.3 Å². The lowest BCUT2D eigenvalue weighted by Gasteiger charge is -2.22. The molecule has 8 aromatic carbocycles. The smallest absolute Gasteiger partial charge is 0.0788 e. The molecule has 0 unspecified atom stereocenters. The molecule has 0 spiro atoms. The Morgan fingerprint density at radius 2 is 0.847 bits per heavy atom. The first kappa shape index (κ1) is 33.6. The summed E-state index contributed by atoms with van der Waals surface area (Å²) in [5, 5.41) is 4.96. The minimum atomic E-state index is -0.107. The van der Waals surface area contributed by atoms with E-state index in [1.165, 1.54) is 77.1 Å². The maximum atomic E-state index is 5.24. The van der Waals surface area contributed by atoms with E-state index in [9.17, 15) is 0 Å². The van der Waals surface area contributed by atoms with Crippen molar-refractivity contribution in [1.82, 2.24) is 14.1 Å². The van der Waals surface area contributed by atoms with Crippen molar-refractivity contribution in [2.75, 3.05) is 0 Å². The first-order valence-corrected chi connectivity index (χ1v) is 20.5. The average Bonchev–Trinajstić information content (AvgIpc) is 3.90. The lowest BCUT2D eigenvalue weighted by Crippen LogP contribution is -2.15. The molecule has 3 nitrogen and oxygen atoms in total. The summed E-state index contributed by atoms with van der Waals surface area (Å²) in [5.41, 5.74) is 18.8. The van der Waals surface area contributed by atoms with E-state index in [1.54, 1.807) is 0 Å². The van der Waals surface area contributed by atoms with Crippen molar-refractivity contribution >= 4 is 43.6 Å². The maximum absolute atomic E-state index is 5.24. The van der Waals surface area contributed by atoms with Gasteiger partial charge in [0.15, 0.2) is 0 Å². The Bertz CT molecular complexity index is 3380.